The number of piperidine rings is 1. The molecule has 8 nitrogen and oxygen atoms in total. The zero-order valence-corrected chi connectivity index (χ0v) is 15.3. The van der Waals surface area contributed by atoms with Crippen LogP contribution in [0.5, 0.6) is 0 Å². The van der Waals surface area contributed by atoms with Gasteiger partial charge in [-0.25, -0.2) is 9.67 Å². The quantitative estimate of drug-likeness (QED) is 0.861. The Morgan fingerprint density at radius 1 is 1.11 bits per heavy atom. The van der Waals surface area contributed by atoms with Crippen LogP contribution in [0.25, 0.3) is 0 Å². The molecule has 8 heteroatoms. The van der Waals surface area contributed by atoms with E-state index in [0.717, 1.165) is 24.4 Å². The van der Waals surface area contributed by atoms with Crippen LogP contribution in [0.2, 0.25) is 0 Å². The highest BCUT2D eigenvalue weighted by Crippen LogP contribution is 2.24. The van der Waals surface area contributed by atoms with E-state index < -0.39 is 0 Å². The maximum atomic E-state index is 12.8. The van der Waals surface area contributed by atoms with Gasteiger partial charge in [0.25, 0.3) is 0 Å². The highest BCUT2D eigenvalue weighted by atomic mass is 16.2. The van der Waals surface area contributed by atoms with Crippen LogP contribution in [-0.2, 0) is 29.1 Å². The number of amides is 2. The van der Waals surface area contributed by atoms with E-state index in [1.807, 2.05) is 27.8 Å². The predicted octanol–water partition coefficient (Wildman–Crippen LogP) is 0.790. The monoisotopic (exact) mass is 368 g/mol. The number of hydrogen-bond acceptors (Lipinski definition) is 5. The van der Waals surface area contributed by atoms with Crippen LogP contribution in [0, 0.1) is 11.8 Å². The summed E-state index contributed by atoms with van der Waals surface area (Å²) in [7, 11) is 0. The van der Waals surface area contributed by atoms with Gasteiger partial charge >= 0.3 is 0 Å². The van der Waals surface area contributed by atoms with E-state index in [1.54, 1.807) is 12.5 Å². The van der Waals surface area contributed by atoms with Gasteiger partial charge in [0, 0.05) is 31.6 Å². The first-order valence-electron chi connectivity index (χ1n) is 9.54. The molecule has 0 aromatic carbocycles. The van der Waals surface area contributed by atoms with Gasteiger partial charge in [-0.15, -0.1) is 0 Å². The molecule has 27 heavy (non-hydrogen) atoms. The summed E-state index contributed by atoms with van der Waals surface area (Å²) in [5, 5.41) is 7.15. The van der Waals surface area contributed by atoms with E-state index in [1.165, 1.54) is 0 Å². The van der Waals surface area contributed by atoms with Crippen molar-refractivity contribution in [3.05, 3.63) is 42.2 Å². The molecule has 0 saturated carbocycles. The van der Waals surface area contributed by atoms with Gasteiger partial charge in [0.1, 0.15) is 12.2 Å². The fraction of sp³-hybridized carbons (Fsp3) is 0.526. The molecule has 142 valence electrons. The summed E-state index contributed by atoms with van der Waals surface area (Å²) in [5.74, 6) is 1.13. The average Bonchev–Trinajstić information content (AvgIpc) is 3.20. The molecule has 2 aliphatic rings. The number of aryl methyl sites for hydroxylation is 1. The second-order valence-electron chi connectivity index (χ2n) is 7.23. The summed E-state index contributed by atoms with van der Waals surface area (Å²) >= 11 is 0. The Labute approximate surface area is 158 Å². The van der Waals surface area contributed by atoms with Gasteiger partial charge in [0.2, 0.25) is 11.8 Å². The molecule has 2 aliphatic heterocycles. The van der Waals surface area contributed by atoms with Crippen LogP contribution in [0.3, 0.4) is 0 Å². The van der Waals surface area contributed by atoms with E-state index in [2.05, 4.69) is 20.4 Å². The van der Waals surface area contributed by atoms with Crippen molar-refractivity contribution < 1.29 is 9.59 Å². The molecule has 1 saturated heterocycles. The summed E-state index contributed by atoms with van der Waals surface area (Å²) in [6, 6.07) is 5.66. The van der Waals surface area contributed by atoms with Crippen molar-refractivity contribution in [2.75, 3.05) is 13.1 Å². The summed E-state index contributed by atoms with van der Waals surface area (Å²) < 4.78 is 1.84. The zero-order valence-electron chi connectivity index (χ0n) is 15.3. The van der Waals surface area contributed by atoms with Crippen molar-refractivity contribution in [3.8, 4) is 0 Å². The van der Waals surface area contributed by atoms with Gasteiger partial charge in [0.05, 0.1) is 24.7 Å². The fourth-order valence-electron chi connectivity index (χ4n) is 3.88. The standard InChI is InChI=1S/C19H24N6O2/c26-18(21-11-16-3-1-2-8-20-16)14-6-9-24(10-7-14)19(27)15-4-5-17-22-13-23-25(17)12-15/h1-3,8,13-15H,4-7,9-12H2,(H,21,26). The van der Waals surface area contributed by atoms with Crippen molar-refractivity contribution >= 4 is 11.8 Å². The third-order valence-electron chi connectivity index (χ3n) is 5.50. The minimum Gasteiger partial charge on any atom is -0.350 e. The molecule has 0 bridgehead atoms. The molecule has 2 amide bonds. The molecular formula is C19H24N6O2. The number of hydrogen-bond donors (Lipinski definition) is 1. The smallest absolute Gasteiger partial charge is 0.227 e. The van der Waals surface area contributed by atoms with Crippen molar-refractivity contribution in [1.82, 2.24) is 30.0 Å². The lowest BCUT2D eigenvalue weighted by Crippen LogP contribution is -2.46. The van der Waals surface area contributed by atoms with Gasteiger partial charge in [-0.1, -0.05) is 6.07 Å². The van der Waals surface area contributed by atoms with Crippen LogP contribution >= 0.6 is 0 Å². The van der Waals surface area contributed by atoms with Crippen molar-refractivity contribution in [2.24, 2.45) is 11.8 Å². The summed E-state index contributed by atoms with van der Waals surface area (Å²) in [4.78, 5) is 35.6. The maximum Gasteiger partial charge on any atom is 0.227 e. The van der Waals surface area contributed by atoms with Crippen LogP contribution in [0.1, 0.15) is 30.8 Å². The zero-order chi connectivity index (χ0) is 18.6. The number of carbonyl (C=O) groups is 2. The number of fused-ring (bicyclic) bond motifs is 1. The number of nitrogens with zero attached hydrogens (tertiary/aromatic N) is 5. The first-order valence-corrected chi connectivity index (χ1v) is 9.54. The van der Waals surface area contributed by atoms with E-state index in [-0.39, 0.29) is 23.7 Å². The lowest BCUT2D eigenvalue weighted by Gasteiger charge is -2.34. The van der Waals surface area contributed by atoms with Crippen LogP contribution in [-0.4, -0.2) is 49.6 Å². The Kier molecular flexibility index (Phi) is 5.13. The molecule has 4 heterocycles. The fourth-order valence-corrected chi connectivity index (χ4v) is 3.88. The SMILES string of the molecule is O=C(NCc1ccccn1)C1CCN(C(=O)C2CCc3ncnn3C2)CC1. The normalized spacial score (nSPS) is 20.1. The molecule has 1 N–H and O–H groups in total. The van der Waals surface area contributed by atoms with Gasteiger partial charge in [-0.2, -0.15) is 5.10 Å². The third kappa shape index (κ3) is 3.99. The minimum atomic E-state index is -0.0361. The number of carbonyl (C=O) groups excluding carboxylic acids is 2. The van der Waals surface area contributed by atoms with Gasteiger partial charge < -0.3 is 10.2 Å². The minimum absolute atomic E-state index is 0.0336. The Bertz CT molecular complexity index is 798. The van der Waals surface area contributed by atoms with Crippen molar-refractivity contribution in [1.29, 1.82) is 0 Å². The Balaban J connectivity index is 1.25. The second-order valence-corrected chi connectivity index (χ2v) is 7.23. The highest BCUT2D eigenvalue weighted by molar-refractivity contribution is 5.81. The molecule has 2 aromatic rings. The Morgan fingerprint density at radius 3 is 2.74 bits per heavy atom. The first kappa shape index (κ1) is 17.6. The summed E-state index contributed by atoms with van der Waals surface area (Å²) in [5.41, 5.74) is 0.850. The maximum absolute atomic E-state index is 12.8. The highest BCUT2D eigenvalue weighted by Gasteiger charge is 2.33. The topological polar surface area (TPSA) is 93.0 Å². The van der Waals surface area contributed by atoms with E-state index in [4.69, 9.17) is 0 Å². The van der Waals surface area contributed by atoms with E-state index in [9.17, 15) is 9.59 Å². The van der Waals surface area contributed by atoms with Gasteiger partial charge in [-0.05, 0) is 31.4 Å². The predicted molar refractivity (Wildman–Crippen MR) is 97.2 cm³/mol. The second kappa shape index (κ2) is 7.85. The van der Waals surface area contributed by atoms with E-state index in [0.29, 0.717) is 39.0 Å². The molecule has 1 unspecified atom stereocenters. The number of likely N-dealkylation sites (tertiary alicyclic amines) is 1. The van der Waals surface area contributed by atoms with E-state index >= 15 is 0 Å². The molecule has 0 radical (unpaired) electrons. The molecule has 2 aromatic heterocycles. The number of nitrogens with one attached hydrogen (secondary N) is 1. The Hall–Kier alpha value is -2.77. The number of rotatable bonds is 4. The third-order valence-corrected chi connectivity index (χ3v) is 5.50. The summed E-state index contributed by atoms with van der Waals surface area (Å²) in [6.45, 7) is 2.34. The largest absolute Gasteiger partial charge is 0.350 e. The molecule has 0 spiro atoms. The number of pyridine rings is 1. The number of aromatic nitrogens is 4. The summed E-state index contributed by atoms with van der Waals surface area (Å²) in [6.07, 6.45) is 6.31. The Morgan fingerprint density at radius 2 is 1.96 bits per heavy atom. The lowest BCUT2D eigenvalue weighted by molar-refractivity contribution is -0.140. The van der Waals surface area contributed by atoms with Crippen LogP contribution in [0.4, 0.5) is 0 Å². The van der Waals surface area contributed by atoms with Crippen LogP contribution in [0.15, 0.2) is 30.7 Å². The van der Waals surface area contributed by atoms with Gasteiger partial charge in [-0.3, -0.25) is 14.6 Å². The molecule has 1 fully saturated rings. The molecular weight excluding hydrogens is 344 g/mol. The molecule has 4 rings (SSSR count). The average molecular weight is 368 g/mol. The van der Waals surface area contributed by atoms with Crippen molar-refractivity contribution in [2.45, 2.75) is 38.8 Å². The first-order chi connectivity index (χ1) is 13.2. The van der Waals surface area contributed by atoms with Crippen LogP contribution < -0.4 is 5.32 Å². The molecule has 1 atom stereocenters. The van der Waals surface area contributed by atoms with Crippen molar-refractivity contribution in [3.63, 3.8) is 0 Å². The molecule has 0 aliphatic carbocycles. The van der Waals surface area contributed by atoms with Gasteiger partial charge in [0.15, 0.2) is 0 Å². The lowest BCUT2D eigenvalue weighted by atomic mass is 9.93.